The molecule has 2 nitrogen and oxygen atoms in total. The molecule has 0 aliphatic carbocycles. The molecule has 70 valence electrons. The van der Waals surface area contributed by atoms with Crippen molar-refractivity contribution in [2.45, 2.75) is 25.2 Å². The molecule has 0 saturated heterocycles. The molecule has 3 heteroatoms. The van der Waals surface area contributed by atoms with Gasteiger partial charge in [-0.3, -0.25) is 4.79 Å². The van der Waals surface area contributed by atoms with Crippen molar-refractivity contribution in [2.24, 2.45) is 0 Å². The van der Waals surface area contributed by atoms with Crippen molar-refractivity contribution in [1.82, 2.24) is 0 Å². The smallest absolute Gasteiger partial charge is 0.307 e. The van der Waals surface area contributed by atoms with Gasteiger partial charge in [0.15, 0.2) is 0 Å². The number of rotatable bonds is 2. The van der Waals surface area contributed by atoms with Crippen LogP contribution in [0.3, 0.4) is 0 Å². The average molecular weight is 196 g/mol. The molecule has 1 N–H and O–H groups in total. The monoisotopic (exact) mass is 196 g/mol. The topological polar surface area (TPSA) is 37.3 Å². The largest absolute Gasteiger partial charge is 0.481 e. The summed E-state index contributed by atoms with van der Waals surface area (Å²) in [5.41, 5.74) is 2.94. The summed E-state index contributed by atoms with van der Waals surface area (Å²) >= 11 is 4.26. The number of hydrogen-bond donors (Lipinski definition) is 2. The van der Waals surface area contributed by atoms with Crippen LogP contribution in [0.4, 0.5) is 0 Å². The molecular formula is C10H12O2S. The lowest BCUT2D eigenvalue weighted by Gasteiger charge is -2.08. The summed E-state index contributed by atoms with van der Waals surface area (Å²) in [5, 5.41) is 8.63. The van der Waals surface area contributed by atoms with Gasteiger partial charge in [0.1, 0.15) is 0 Å². The third-order valence-electron chi connectivity index (χ3n) is 2.21. The van der Waals surface area contributed by atoms with Gasteiger partial charge >= 0.3 is 5.97 Å². The van der Waals surface area contributed by atoms with Crippen molar-refractivity contribution in [2.75, 3.05) is 0 Å². The number of aliphatic carboxylic acids is 1. The fourth-order valence-electron chi connectivity index (χ4n) is 1.22. The van der Waals surface area contributed by atoms with Crippen LogP contribution in [0.15, 0.2) is 17.0 Å². The van der Waals surface area contributed by atoms with Crippen LogP contribution in [-0.2, 0) is 11.2 Å². The number of carboxylic acid groups (broad SMARTS) is 1. The predicted octanol–water partition coefficient (Wildman–Crippen LogP) is 2.22. The van der Waals surface area contributed by atoms with E-state index >= 15 is 0 Å². The van der Waals surface area contributed by atoms with E-state index in [2.05, 4.69) is 12.6 Å². The first-order valence-corrected chi connectivity index (χ1v) is 4.47. The first-order valence-electron chi connectivity index (χ1n) is 4.02. The van der Waals surface area contributed by atoms with Crippen molar-refractivity contribution in [3.63, 3.8) is 0 Å². The molecule has 1 aromatic carbocycles. The Bertz CT molecular complexity index is 345. The molecule has 0 bridgehead atoms. The Morgan fingerprint density at radius 2 is 2.00 bits per heavy atom. The highest BCUT2D eigenvalue weighted by Crippen LogP contribution is 2.20. The van der Waals surface area contributed by atoms with Crippen LogP contribution in [0.5, 0.6) is 0 Å². The second kappa shape index (κ2) is 3.83. The zero-order valence-electron chi connectivity index (χ0n) is 7.66. The maximum atomic E-state index is 10.5. The van der Waals surface area contributed by atoms with E-state index in [0.29, 0.717) is 0 Å². The maximum absolute atomic E-state index is 10.5. The van der Waals surface area contributed by atoms with Gasteiger partial charge in [0.25, 0.3) is 0 Å². The third-order valence-corrected chi connectivity index (χ3v) is 2.70. The number of benzene rings is 1. The van der Waals surface area contributed by atoms with Crippen molar-refractivity contribution >= 4 is 18.6 Å². The summed E-state index contributed by atoms with van der Waals surface area (Å²) in [5.74, 6) is -0.797. The molecule has 1 aromatic rings. The van der Waals surface area contributed by atoms with E-state index in [1.165, 1.54) is 0 Å². The van der Waals surface area contributed by atoms with Gasteiger partial charge in [0.2, 0.25) is 0 Å². The SMILES string of the molecule is Cc1c(S)ccc(CC(=O)O)c1C. The quantitative estimate of drug-likeness (QED) is 0.712. The van der Waals surface area contributed by atoms with Crippen molar-refractivity contribution < 1.29 is 9.90 Å². The van der Waals surface area contributed by atoms with Gasteiger partial charge in [-0.05, 0) is 36.6 Å². The molecule has 0 aliphatic rings. The fraction of sp³-hybridized carbons (Fsp3) is 0.300. The van der Waals surface area contributed by atoms with Crippen molar-refractivity contribution in [3.05, 3.63) is 28.8 Å². The van der Waals surface area contributed by atoms with Crippen LogP contribution in [0, 0.1) is 13.8 Å². The Morgan fingerprint density at radius 1 is 1.38 bits per heavy atom. The molecule has 0 atom stereocenters. The Labute approximate surface area is 83.0 Å². The zero-order chi connectivity index (χ0) is 10.0. The number of carbonyl (C=O) groups is 1. The van der Waals surface area contributed by atoms with E-state index < -0.39 is 5.97 Å². The molecular weight excluding hydrogens is 184 g/mol. The minimum Gasteiger partial charge on any atom is -0.481 e. The molecule has 0 unspecified atom stereocenters. The van der Waals surface area contributed by atoms with Gasteiger partial charge < -0.3 is 5.11 Å². The lowest BCUT2D eigenvalue weighted by Crippen LogP contribution is -2.03. The van der Waals surface area contributed by atoms with E-state index in [9.17, 15) is 4.79 Å². The van der Waals surface area contributed by atoms with Gasteiger partial charge in [-0.15, -0.1) is 12.6 Å². The first kappa shape index (κ1) is 10.1. The van der Waals surface area contributed by atoms with Crippen LogP contribution < -0.4 is 0 Å². The molecule has 0 saturated carbocycles. The average Bonchev–Trinajstić information content (AvgIpc) is 2.06. The Hall–Kier alpha value is -0.960. The Morgan fingerprint density at radius 3 is 2.54 bits per heavy atom. The summed E-state index contributed by atoms with van der Waals surface area (Å²) in [7, 11) is 0. The fourth-order valence-corrected chi connectivity index (χ4v) is 1.46. The van der Waals surface area contributed by atoms with E-state index in [-0.39, 0.29) is 6.42 Å². The van der Waals surface area contributed by atoms with Gasteiger partial charge in [-0.1, -0.05) is 6.07 Å². The van der Waals surface area contributed by atoms with Crippen LogP contribution in [0.25, 0.3) is 0 Å². The highest BCUT2D eigenvalue weighted by Gasteiger charge is 2.06. The molecule has 0 fully saturated rings. The van der Waals surface area contributed by atoms with Gasteiger partial charge in [-0.25, -0.2) is 0 Å². The lowest BCUT2D eigenvalue weighted by molar-refractivity contribution is -0.136. The highest BCUT2D eigenvalue weighted by atomic mass is 32.1. The molecule has 0 spiro atoms. The summed E-state index contributed by atoms with van der Waals surface area (Å²) < 4.78 is 0. The second-order valence-electron chi connectivity index (χ2n) is 3.06. The molecule has 0 aliphatic heterocycles. The normalized spacial score (nSPS) is 10.1. The van der Waals surface area contributed by atoms with Crippen molar-refractivity contribution in [1.29, 1.82) is 0 Å². The number of hydrogen-bond acceptors (Lipinski definition) is 2. The van der Waals surface area contributed by atoms with E-state index in [0.717, 1.165) is 21.6 Å². The highest BCUT2D eigenvalue weighted by molar-refractivity contribution is 7.80. The molecule has 0 aromatic heterocycles. The van der Waals surface area contributed by atoms with E-state index in [1.807, 2.05) is 26.0 Å². The first-order chi connectivity index (χ1) is 6.02. The lowest BCUT2D eigenvalue weighted by atomic mass is 10.0. The summed E-state index contributed by atoms with van der Waals surface area (Å²) in [6, 6.07) is 3.66. The predicted molar refractivity (Wildman–Crippen MR) is 54.5 cm³/mol. The summed E-state index contributed by atoms with van der Waals surface area (Å²) in [4.78, 5) is 11.4. The Kier molecular flexibility index (Phi) is 2.98. The minimum atomic E-state index is -0.797. The standard InChI is InChI=1S/C10H12O2S/c1-6-7(2)9(13)4-3-8(6)5-10(11)12/h3-4,13H,5H2,1-2H3,(H,11,12). The van der Waals surface area contributed by atoms with E-state index in [1.54, 1.807) is 0 Å². The maximum Gasteiger partial charge on any atom is 0.307 e. The minimum absolute atomic E-state index is 0.0841. The summed E-state index contributed by atoms with van der Waals surface area (Å²) in [6.45, 7) is 3.87. The zero-order valence-corrected chi connectivity index (χ0v) is 8.56. The van der Waals surface area contributed by atoms with Gasteiger partial charge in [0.05, 0.1) is 6.42 Å². The van der Waals surface area contributed by atoms with Gasteiger partial charge in [-0.2, -0.15) is 0 Å². The third kappa shape index (κ3) is 2.25. The van der Waals surface area contributed by atoms with Crippen LogP contribution >= 0.6 is 12.6 Å². The molecule has 0 heterocycles. The number of thiol groups is 1. The van der Waals surface area contributed by atoms with Crippen molar-refractivity contribution in [3.8, 4) is 0 Å². The molecule has 13 heavy (non-hydrogen) atoms. The Balaban J connectivity index is 3.10. The van der Waals surface area contributed by atoms with Crippen LogP contribution in [0.1, 0.15) is 16.7 Å². The van der Waals surface area contributed by atoms with Gasteiger partial charge in [0, 0.05) is 4.90 Å². The van der Waals surface area contributed by atoms with E-state index in [4.69, 9.17) is 5.11 Å². The van der Waals surface area contributed by atoms with Crippen LogP contribution in [-0.4, -0.2) is 11.1 Å². The van der Waals surface area contributed by atoms with Crippen LogP contribution in [0.2, 0.25) is 0 Å². The molecule has 0 radical (unpaired) electrons. The molecule has 1 rings (SSSR count). The summed E-state index contributed by atoms with van der Waals surface area (Å²) in [6.07, 6.45) is 0.0841. The second-order valence-corrected chi connectivity index (χ2v) is 3.55. The number of carboxylic acids is 1. The molecule has 0 amide bonds.